The van der Waals surface area contributed by atoms with E-state index in [0.717, 1.165) is 0 Å². The first-order chi connectivity index (χ1) is 7.97. The molecule has 0 aliphatic heterocycles. The Balaban J connectivity index is 2.94. The van der Waals surface area contributed by atoms with Crippen LogP contribution < -0.4 is 0 Å². The van der Waals surface area contributed by atoms with Crippen molar-refractivity contribution >= 4 is 43.8 Å². The minimum atomic E-state index is -1.16. The second-order valence-corrected chi connectivity index (χ2v) is 6.32. The molecular weight excluding hydrogens is 356 g/mol. The topological polar surface area (TPSA) is 52.6 Å². The van der Waals surface area contributed by atoms with Crippen LogP contribution in [0.15, 0.2) is 0 Å². The predicted octanol–water partition coefficient (Wildman–Crippen LogP) is 2.42. The van der Waals surface area contributed by atoms with Gasteiger partial charge in [0.15, 0.2) is 5.41 Å². The fourth-order valence-corrected chi connectivity index (χ4v) is 3.44. The molecule has 1 aliphatic carbocycles. The molecular formula is C11H16Br2O4. The standard InChI is InChI=1S/C11H16Br2O4/c1-3-16-9(14)11(10(15)17-4-2)5-7(12)8(13)6-11/h7-8H,3-6H2,1-2H3/t7-,8-/m1/s1. The molecule has 2 atom stereocenters. The molecule has 1 aliphatic rings. The van der Waals surface area contributed by atoms with E-state index in [0.29, 0.717) is 12.8 Å². The zero-order valence-corrected chi connectivity index (χ0v) is 13.0. The minimum absolute atomic E-state index is 0.0660. The average Bonchev–Trinajstić information content (AvgIpc) is 2.57. The highest BCUT2D eigenvalue weighted by molar-refractivity contribution is 9.12. The van der Waals surface area contributed by atoms with Gasteiger partial charge in [0.05, 0.1) is 13.2 Å². The Kier molecular flexibility index (Phi) is 5.44. The summed E-state index contributed by atoms with van der Waals surface area (Å²) in [5.41, 5.74) is -1.16. The maximum absolute atomic E-state index is 12.0. The Labute approximate surface area is 118 Å². The van der Waals surface area contributed by atoms with Crippen LogP contribution in [0.4, 0.5) is 0 Å². The fraction of sp³-hybridized carbons (Fsp3) is 0.818. The highest BCUT2D eigenvalue weighted by atomic mass is 79.9. The van der Waals surface area contributed by atoms with Crippen LogP contribution in [0.2, 0.25) is 0 Å². The largest absolute Gasteiger partial charge is 0.465 e. The van der Waals surface area contributed by atoms with Crippen LogP contribution in [0.25, 0.3) is 0 Å². The molecule has 0 radical (unpaired) electrons. The van der Waals surface area contributed by atoms with Crippen molar-refractivity contribution < 1.29 is 19.1 Å². The average molecular weight is 372 g/mol. The molecule has 0 aromatic carbocycles. The van der Waals surface area contributed by atoms with Crippen molar-refractivity contribution in [3.63, 3.8) is 0 Å². The maximum atomic E-state index is 12.0. The predicted molar refractivity (Wildman–Crippen MR) is 70.4 cm³/mol. The Hall–Kier alpha value is -0.100. The van der Waals surface area contributed by atoms with Gasteiger partial charge in [-0.05, 0) is 26.7 Å². The van der Waals surface area contributed by atoms with Gasteiger partial charge in [0.2, 0.25) is 0 Å². The van der Waals surface area contributed by atoms with Crippen LogP contribution in [0.1, 0.15) is 26.7 Å². The van der Waals surface area contributed by atoms with E-state index < -0.39 is 17.4 Å². The third kappa shape index (κ3) is 3.02. The lowest BCUT2D eigenvalue weighted by molar-refractivity contribution is -0.171. The van der Waals surface area contributed by atoms with Gasteiger partial charge in [0.1, 0.15) is 0 Å². The van der Waals surface area contributed by atoms with Crippen LogP contribution in [0.5, 0.6) is 0 Å². The number of rotatable bonds is 4. The van der Waals surface area contributed by atoms with E-state index in [1.165, 1.54) is 0 Å². The summed E-state index contributed by atoms with van der Waals surface area (Å²) in [4.78, 5) is 24.2. The summed E-state index contributed by atoms with van der Waals surface area (Å²) in [5, 5.41) is 0. The number of esters is 2. The van der Waals surface area contributed by atoms with E-state index in [4.69, 9.17) is 9.47 Å². The smallest absolute Gasteiger partial charge is 0.323 e. The number of hydrogen-bond acceptors (Lipinski definition) is 4. The van der Waals surface area contributed by atoms with Crippen molar-refractivity contribution in [1.82, 2.24) is 0 Å². The van der Waals surface area contributed by atoms with Crippen molar-refractivity contribution in [1.29, 1.82) is 0 Å². The number of alkyl halides is 2. The molecule has 1 saturated carbocycles. The summed E-state index contributed by atoms with van der Waals surface area (Å²) in [5.74, 6) is -0.963. The van der Waals surface area contributed by atoms with Crippen LogP contribution in [0, 0.1) is 5.41 Å². The van der Waals surface area contributed by atoms with Gasteiger partial charge in [0.25, 0.3) is 0 Å². The number of carbonyl (C=O) groups is 2. The third-order valence-electron chi connectivity index (χ3n) is 2.81. The van der Waals surface area contributed by atoms with Gasteiger partial charge in [-0.3, -0.25) is 9.59 Å². The molecule has 0 spiro atoms. The normalized spacial score (nSPS) is 26.6. The molecule has 0 aromatic rings. The first-order valence-electron chi connectivity index (χ1n) is 5.60. The van der Waals surface area contributed by atoms with E-state index in [1.807, 2.05) is 0 Å². The minimum Gasteiger partial charge on any atom is -0.465 e. The molecule has 0 N–H and O–H groups in total. The molecule has 98 valence electrons. The van der Waals surface area contributed by atoms with Crippen LogP contribution in [-0.4, -0.2) is 34.8 Å². The quantitative estimate of drug-likeness (QED) is 0.432. The molecule has 1 fully saturated rings. The van der Waals surface area contributed by atoms with Crippen molar-refractivity contribution in [3.8, 4) is 0 Å². The SMILES string of the molecule is CCOC(=O)C1(C(=O)OCC)C[C@@H](Br)[C@H](Br)C1. The summed E-state index contributed by atoms with van der Waals surface area (Å²) in [6.07, 6.45) is 0.807. The monoisotopic (exact) mass is 370 g/mol. The lowest BCUT2D eigenvalue weighted by Crippen LogP contribution is -2.40. The first-order valence-corrected chi connectivity index (χ1v) is 7.43. The molecule has 4 nitrogen and oxygen atoms in total. The molecule has 6 heteroatoms. The number of halogens is 2. The Morgan fingerprint density at radius 1 is 1.06 bits per heavy atom. The molecule has 0 unspecified atom stereocenters. The van der Waals surface area contributed by atoms with Crippen molar-refractivity contribution in [2.45, 2.75) is 36.3 Å². The van der Waals surface area contributed by atoms with Gasteiger partial charge in [-0.2, -0.15) is 0 Å². The van der Waals surface area contributed by atoms with Gasteiger partial charge < -0.3 is 9.47 Å². The molecule has 0 heterocycles. The molecule has 17 heavy (non-hydrogen) atoms. The van der Waals surface area contributed by atoms with Crippen molar-refractivity contribution in [3.05, 3.63) is 0 Å². The van der Waals surface area contributed by atoms with Gasteiger partial charge in [-0.25, -0.2) is 0 Å². The van der Waals surface area contributed by atoms with Crippen LogP contribution >= 0.6 is 31.9 Å². The molecule has 0 bridgehead atoms. The molecule has 1 rings (SSSR count). The van der Waals surface area contributed by atoms with Gasteiger partial charge in [0, 0.05) is 9.65 Å². The van der Waals surface area contributed by atoms with E-state index in [9.17, 15) is 9.59 Å². The van der Waals surface area contributed by atoms with Gasteiger partial charge in [-0.1, -0.05) is 31.9 Å². The van der Waals surface area contributed by atoms with E-state index in [2.05, 4.69) is 31.9 Å². The third-order valence-corrected chi connectivity index (χ3v) is 5.44. The second-order valence-electron chi connectivity index (χ2n) is 3.96. The van der Waals surface area contributed by atoms with Crippen LogP contribution in [-0.2, 0) is 19.1 Å². The van der Waals surface area contributed by atoms with Crippen molar-refractivity contribution in [2.75, 3.05) is 13.2 Å². The first kappa shape index (κ1) is 15.0. The number of carbonyl (C=O) groups excluding carboxylic acids is 2. The Bertz CT molecular complexity index is 276. The number of hydrogen-bond donors (Lipinski definition) is 0. The summed E-state index contributed by atoms with van der Waals surface area (Å²) < 4.78 is 10.0. The second kappa shape index (κ2) is 6.18. The highest BCUT2D eigenvalue weighted by Crippen LogP contribution is 2.46. The lowest BCUT2D eigenvalue weighted by atomic mass is 9.86. The van der Waals surface area contributed by atoms with Crippen molar-refractivity contribution in [2.24, 2.45) is 5.41 Å². The zero-order chi connectivity index (χ0) is 13.1. The molecule has 0 aromatic heterocycles. The van der Waals surface area contributed by atoms with E-state index in [1.54, 1.807) is 13.8 Å². The van der Waals surface area contributed by atoms with Gasteiger partial charge in [-0.15, -0.1) is 0 Å². The zero-order valence-electron chi connectivity index (χ0n) is 9.87. The van der Waals surface area contributed by atoms with E-state index in [-0.39, 0.29) is 22.9 Å². The number of ether oxygens (including phenoxy) is 2. The molecule has 0 amide bonds. The summed E-state index contributed by atoms with van der Waals surface area (Å²) in [7, 11) is 0. The fourth-order valence-electron chi connectivity index (χ4n) is 1.96. The summed E-state index contributed by atoms with van der Waals surface area (Å²) in [6.45, 7) is 3.98. The maximum Gasteiger partial charge on any atom is 0.323 e. The lowest BCUT2D eigenvalue weighted by Gasteiger charge is -2.24. The Morgan fingerprint density at radius 3 is 1.71 bits per heavy atom. The Morgan fingerprint density at radius 2 is 1.41 bits per heavy atom. The van der Waals surface area contributed by atoms with Gasteiger partial charge >= 0.3 is 11.9 Å². The highest BCUT2D eigenvalue weighted by Gasteiger charge is 2.56. The summed E-state index contributed by atoms with van der Waals surface area (Å²) >= 11 is 6.91. The molecule has 0 saturated heterocycles. The summed E-state index contributed by atoms with van der Waals surface area (Å²) in [6, 6.07) is 0. The van der Waals surface area contributed by atoms with Crippen LogP contribution in [0.3, 0.4) is 0 Å². The van der Waals surface area contributed by atoms with E-state index >= 15 is 0 Å².